The predicted octanol–water partition coefficient (Wildman–Crippen LogP) is 2.35. The Kier molecular flexibility index (Phi) is 5.30. The molecule has 6 heteroatoms. The molecule has 136 valence electrons. The van der Waals surface area contributed by atoms with Crippen molar-refractivity contribution in [2.45, 2.75) is 32.9 Å². The van der Waals surface area contributed by atoms with Gasteiger partial charge in [0.2, 0.25) is 0 Å². The summed E-state index contributed by atoms with van der Waals surface area (Å²) in [5, 5.41) is 12.0. The van der Waals surface area contributed by atoms with E-state index in [1.807, 2.05) is 0 Å². The Balaban J connectivity index is 1.72. The molecular weight excluding hydrogens is 320 g/mol. The topological polar surface area (TPSA) is 71.0 Å². The first-order valence-electron chi connectivity index (χ1n) is 8.76. The fraction of sp³-hybridized carbons (Fsp3) is 0.526. The fourth-order valence-electron chi connectivity index (χ4n) is 3.48. The quantitative estimate of drug-likeness (QED) is 0.771. The number of carbonyl (C=O) groups is 1. The summed E-state index contributed by atoms with van der Waals surface area (Å²) in [6, 6.07) is 5.51. The molecule has 2 heterocycles. The Hall–Kier alpha value is -2.05. The summed E-state index contributed by atoms with van der Waals surface area (Å²) < 4.78 is 11.6. The third-order valence-corrected chi connectivity index (χ3v) is 4.75. The summed E-state index contributed by atoms with van der Waals surface area (Å²) in [5.41, 5.74) is 4.91. The van der Waals surface area contributed by atoms with E-state index in [-0.39, 0.29) is 23.1 Å². The Labute approximate surface area is 148 Å². The second kappa shape index (κ2) is 7.45. The van der Waals surface area contributed by atoms with Crippen LogP contribution in [0.25, 0.3) is 0 Å². The third kappa shape index (κ3) is 3.65. The van der Waals surface area contributed by atoms with Crippen LogP contribution in [-0.4, -0.2) is 48.3 Å². The van der Waals surface area contributed by atoms with Crippen molar-refractivity contribution < 1.29 is 19.4 Å². The van der Waals surface area contributed by atoms with E-state index >= 15 is 0 Å². The number of rotatable bonds is 6. The minimum atomic E-state index is -0.0609. The molecule has 2 aliphatic heterocycles. The molecule has 6 nitrogen and oxygen atoms in total. The zero-order chi connectivity index (χ0) is 18.0. The van der Waals surface area contributed by atoms with Gasteiger partial charge in [-0.15, -0.1) is 0 Å². The molecule has 3 rings (SSSR count). The van der Waals surface area contributed by atoms with Gasteiger partial charge in [0.15, 0.2) is 6.29 Å². The number of hydrazine groups is 1. The molecule has 25 heavy (non-hydrogen) atoms. The number of phenols is 1. The van der Waals surface area contributed by atoms with E-state index in [0.29, 0.717) is 43.9 Å². The summed E-state index contributed by atoms with van der Waals surface area (Å²) in [4.78, 5) is 11.2. The SMILES string of the molecule is CC(C)N1N[C@H](C)C=C1[C@H]1COC[C@H]1COc1cccc(O)c1C=O. The van der Waals surface area contributed by atoms with Gasteiger partial charge in [-0.05, 0) is 39.0 Å². The Morgan fingerprint density at radius 2 is 2.24 bits per heavy atom. The van der Waals surface area contributed by atoms with Crippen LogP contribution in [0, 0.1) is 11.8 Å². The number of phenolic OH excluding ortho intramolecular Hbond substituents is 1. The number of nitrogens with zero attached hydrogens (tertiary/aromatic N) is 1. The zero-order valence-corrected chi connectivity index (χ0v) is 14.9. The summed E-state index contributed by atoms with van der Waals surface area (Å²) in [6.45, 7) is 8.17. The van der Waals surface area contributed by atoms with Crippen molar-refractivity contribution in [2.75, 3.05) is 19.8 Å². The number of hydrogen-bond acceptors (Lipinski definition) is 6. The van der Waals surface area contributed by atoms with E-state index in [2.05, 4.69) is 37.3 Å². The Morgan fingerprint density at radius 3 is 2.96 bits per heavy atom. The molecule has 1 fully saturated rings. The smallest absolute Gasteiger partial charge is 0.157 e. The molecular formula is C19H26N2O4. The van der Waals surface area contributed by atoms with Gasteiger partial charge in [0.25, 0.3) is 0 Å². The number of benzene rings is 1. The minimum Gasteiger partial charge on any atom is -0.507 e. The predicted molar refractivity (Wildman–Crippen MR) is 94.4 cm³/mol. The van der Waals surface area contributed by atoms with Gasteiger partial charge >= 0.3 is 0 Å². The maximum Gasteiger partial charge on any atom is 0.157 e. The van der Waals surface area contributed by atoms with Crippen LogP contribution in [0.4, 0.5) is 0 Å². The van der Waals surface area contributed by atoms with Gasteiger partial charge < -0.3 is 19.6 Å². The van der Waals surface area contributed by atoms with Gasteiger partial charge in [-0.3, -0.25) is 4.79 Å². The van der Waals surface area contributed by atoms with E-state index in [1.165, 1.54) is 11.8 Å². The molecule has 0 bridgehead atoms. The standard InChI is InChI=1S/C19H26N2O4/c1-12(2)21-17(7-13(3)20-21)16-11-24-9-14(16)10-25-19-6-4-5-18(23)15(19)8-22/h4-8,12-14,16,20,23H,9-11H2,1-3H3/t13-,14+,16+/m1/s1. The summed E-state index contributed by atoms with van der Waals surface area (Å²) >= 11 is 0. The van der Waals surface area contributed by atoms with Crippen LogP contribution in [0.3, 0.4) is 0 Å². The lowest BCUT2D eigenvalue weighted by Crippen LogP contribution is -2.43. The molecule has 0 aromatic heterocycles. The van der Waals surface area contributed by atoms with Crippen molar-refractivity contribution in [3.05, 3.63) is 35.5 Å². The van der Waals surface area contributed by atoms with Gasteiger partial charge in [0.05, 0.1) is 25.4 Å². The monoisotopic (exact) mass is 346 g/mol. The highest BCUT2D eigenvalue weighted by atomic mass is 16.5. The largest absolute Gasteiger partial charge is 0.507 e. The van der Waals surface area contributed by atoms with Gasteiger partial charge in [-0.25, -0.2) is 5.43 Å². The number of hydrogen-bond donors (Lipinski definition) is 2. The molecule has 1 aromatic carbocycles. The zero-order valence-electron chi connectivity index (χ0n) is 14.9. The molecule has 0 saturated carbocycles. The number of nitrogens with one attached hydrogen (secondary N) is 1. The highest BCUT2D eigenvalue weighted by molar-refractivity contribution is 5.83. The van der Waals surface area contributed by atoms with Crippen LogP contribution < -0.4 is 10.2 Å². The van der Waals surface area contributed by atoms with Gasteiger partial charge in [0.1, 0.15) is 11.5 Å². The van der Waals surface area contributed by atoms with E-state index in [0.717, 1.165) is 0 Å². The normalized spacial score (nSPS) is 26.2. The lowest BCUT2D eigenvalue weighted by atomic mass is 9.92. The van der Waals surface area contributed by atoms with Crippen molar-refractivity contribution in [1.82, 2.24) is 10.4 Å². The van der Waals surface area contributed by atoms with Crippen molar-refractivity contribution in [3.63, 3.8) is 0 Å². The molecule has 0 spiro atoms. The van der Waals surface area contributed by atoms with Crippen molar-refractivity contribution in [1.29, 1.82) is 0 Å². The second-order valence-corrected chi connectivity index (χ2v) is 6.99. The summed E-state index contributed by atoms with van der Waals surface area (Å²) in [6.07, 6.45) is 2.87. The van der Waals surface area contributed by atoms with Crippen LogP contribution in [0.2, 0.25) is 0 Å². The molecule has 0 radical (unpaired) electrons. The van der Waals surface area contributed by atoms with Gasteiger partial charge in [0, 0.05) is 29.6 Å². The second-order valence-electron chi connectivity index (χ2n) is 6.99. The summed E-state index contributed by atoms with van der Waals surface area (Å²) in [7, 11) is 0. The van der Waals surface area contributed by atoms with Crippen LogP contribution in [0.15, 0.2) is 30.0 Å². The van der Waals surface area contributed by atoms with E-state index in [9.17, 15) is 9.90 Å². The number of aromatic hydroxyl groups is 1. The molecule has 2 N–H and O–H groups in total. The molecule has 2 aliphatic rings. The van der Waals surface area contributed by atoms with Crippen LogP contribution in [0.5, 0.6) is 11.5 Å². The lowest BCUT2D eigenvalue weighted by Gasteiger charge is -2.32. The van der Waals surface area contributed by atoms with Gasteiger partial charge in [-0.1, -0.05) is 6.07 Å². The molecule has 1 aromatic rings. The van der Waals surface area contributed by atoms with Gasteiger partial charge in [-0.2, -0.15) is 0 Å². The first-order chi connectivity index (χ1) is 12.0. The Bertz CT molecular complexity index is 659. The molecule has 0 amide bonds. The molecule has 3 atom stereocenters. The Morgan fingerprint density at radius 1 is 1.44 bits per heavy atom. The van der Waals surface area contributed by atoms with Crippen LogP contribution in [0.1, 0.15) is 31.1 Å². The van der Waals surface area contributed by atoms with E-state index in [1.54, 1.807) is 12.1 Å². The average Bonchev–Trinajstić information content (AvgIpc) is 3.18. The third-order valence-electron chi connectivity index (χ3n) is 4.75. The summed E-state index contributed by atoms with van der Waals surface area (Å²) in [5.74, 6) is 0.792. The van der Waals surface area contributed by atoms with Crippen molar-refractivity contribution in [2.24, 2.45) is 11.8 Å². The van der Waals surface area contributed by atoms with Crippen molar-refractivity contribution in [3.8, 4) is 11.5 Å². The average molecular weight is 346 g/mol. The maximum atomic E-state index is 11.2. The lowest BCUT2D eigenvalue weighted by molar-refractivity contribution is 0.111. The van der Waals surface area contributed by atoms with Crippen LogP contribution >= 0.6 is 0 Å². The van der Waals surface area contributed by atoms with Crippen LogP contribution in [-0.2, 0) is 4.74 Å². The number of aldehydes is 1. The first-order valence-corrected chi connectivity index (χ1v) is 8.76. The van der Waals surface area contributed by atoms with Crippen molar-refractivity contribution >= 4 is 6.29 Å². The van der Waals surface area contributed by atoms with E-state index in [4.69, 9.17) is 9.47 Å². The number of carbonyl (C=O) groups excluding carboxylic acids is 1. The highest BCUT2D eigenvalue weighted by Crippen LogP contribution is 2.34. The molecule has 0 aliphatic carbocycles. The number of ether oxygens (including phenoxy) is 2. The first kappa shape index (κ1) is 17.8. The minimum absolute atomic E-state index is 0.0609. The maximum absolute atomic E-state index is 11.2. The fourth-order valence-corrected chi connectivity index (χ4v) is 3.48. The highest BCUT2D eigenvalue weighted by Gasteiger charge is 2.37. The molecule has 0 unspecified atom stereocenters. The van der Waals surface area contributed by atoms with E-state index < -0.39 is 0 Å². The molecule has 1 saturated heterocycles.